The van der Waals surface area contributed by atoms with Gasteiger partial charge in [0, 0.05) is 28.5 Å². The molecular formula is C17H14FN5O4. The number of hydrogen-bond acceptors (Lipinski definition) is 7. The van der Waals surface area contributed by atoms with Crippen LogP contribution in [0.1, 0.15) is 5.69 Å². The molecule has 3 aromatic rings. The molecule has 1 atom stereocenters. The molecule has 0 aromatic carbocycles. The van der Waals surface area contributed by atoms with E-state index in [0.29, 0.717) is 6.54 Å². The number of fused-ring (bicyclic) bond motifs is 1. The Labute approximate surface area is 152 Å². The lowest BCUT2D eigenvalue weighted by Gasteiger charge is -2.22. The first kappa shape index (κ1) is 17.0. The van der Waals surface area contributed by atoms with Gasteiger partial charge in [-0.2, -0.15) is 4.39 Å². The van der Waals surface area contributed by atoms with Gasteiger partial charge in [0.2, 0.25) is 5.95 Å². The van der Waals surface area contributed by atoms with E-state index in [9.17, 15) is 14.5 Å². The van der Waals surface area contributed by atoms with Gasteiger partial charge >= 0.3 is 11.8 Å². The van der Waals surface area contributed by atoms with Crippen molar-refractivity contribution in [2.45, 2.75) is 19.3 Å². The normalized spacial score (nSPS) is 15.8. The Balaban J connectivity index is 1.36. The van der Waals surface area contributed by atoms with E-state index in [1.54, 1.807) is 16.8 Å². The van der Waals surface area contributed by atoms with Crippen LogP contribution in [-0.4, -0.2) is 37.2 Å². The molecule has 0 N–H and O–H groups in total. The summed E-state index contributed by atoms with van der Waals surface area (Å²) in [6.45, 7) is 0.936. The van der Waals surface area contributed by atoms with Crippen LogP contribution in [0.2, 0.25) is 0 Å². The number of nitrogens with zero attached hydrogens (tertiary/aromatic N) is 5. The topological polar surface area (TPSA) is 105 Å². The third kappa shape index (κ3) is 3.75. The third-order valence-electron chi connectivity index (χ3n) is 4.07. The summed E-state index contributed by atoms with van der Waals surface area (Å²) in [4.78, 5) is 22.0. The van der Waals surface area contributed by atoms with Gasteiger partial charge in [-0.15, -0.1) is 0 Å². The zero-order valence-electron chi connectivity index (χ0n) is 14.0. The molecule has 10 heteroatoms. The lowest BCUT2D eigenvalue weighted by atomic mass is 10.1. The Kier molecular flexibility index (Phi) is 4.47. The lowest BCUT2D eigenvalue weighted by molar-refractivity contribution is -0.389. The van der Waals surface area contributed by atoms with Gasteiger partial charge in [0.05, 0.1) is 18.8 Å². The van der Waals surface area contributed by atoms with Crippen LogP contribution in [-0.2, 0) is 17.9 Å². The van der Waals surface area contributed by atoms with E-state index < -0.39 is 10.9 Å². The molecule has 4 rings (SSSR count). The van der Waals surface area contributed by atoms with Crippen molar-refractivity contribution >= 4 is 5.82 Å². The molecule has 0 aliphatic carbocycles. The van der Waals surface area contributed by atoms with Crippen molar-refractivity contribution < 1.29 is 18.8 Å². The summed E-state index contributed by atoms with van der Waals surface area (Å²) in [6.07, 6.45) is 4.18. The van der Waals surface area contributed by atoms with Crippen LogP contribution in [0.3, 0.4) is 0 Å². The SMILES string of the molecule is O=[N+]([O-])c1cn2c(n1)OC[C@@H](OCc1ccc(-c3ccc(F)nc3)cn1)C2. The molecule has 9 nitrogen and oxygen atoms in total. The minimum atomic E-state index is -0.563. The standard InChI is InChI=1S/C17H14FN5O4/c18-15-4-2-12(6-20-15)11-1-3-13(19-5-11)9-26-14-7-22-8-16(23(24)25)21-17(22)27-10-14/h1-6,8,14H,7,9-10H2/t14-/m0/s1. The van der Waals surface area contributed by atoms with Gasteiger partial charge in [-0.25, -0.2) is 4.98 Å². The smallest absolute Gasteiger partial charge is 0.414 e. The third-order valence-corrected chi connectivity index (χ3v) is 4.07. The van der Waals surface area contributed by atoms with Crippen LogP contribution in [0.4, 0.5) is 10.2 Å². The van der Waals surface area contributed by atoms with Crippen molar-refractivity contribution in [3.63, 3.8) is 0 Å². The highest BCUT2D eigenvalue weighted by Crippen LogP contribution is 2.23. The number of imidazole rings is 1. The Morgan fingerprint density at radius 1 is 1.26 bits per heavy atom. The van der Waals surface area contributed by atoms with E-state index in [0.717, 1.165) is 16.8 Å². The predicted octanol–water partition coefficient (Wildman–Crippen LogP) is 2.37. The van der Waals surface area contributed by atoms with Crippen LogP contribution >= 0.6 is 0 Å². The molecule has 1 aliphatic rings. The summed E-state index contributed by atoms with van der Waals surface area (Å²) in [5, 5.41) is 10.8. The average molecular weight is 371 g/mol. The molecule has 27 heavy (non-hydrogen) atoms. The highest BCUT2D eigenvalue weighted by atomic mass is 19.1. The summed E-state index contributed by atoms with van der Waals surface area (Å²) in [7, 11) is 0. The van der Waals surface area contributed by atoms with Crippen LogP contribution in [0.25, 0.3) is 11.1 Å². The van der Waals surface area contributed by atoms with Crippen molar-refractivity contribution in [3.8, 4) is 17.1 Å². The number of rotatable bonds is 5. The Bertz CT molecular complexity index is 958. The minimum absolute atomic E-state index is 0.219. The summed E-state index contributed by atoms with van der Waals surface area (Å²) < 4.78 is 25.6. The Morgan fingerprint density at radius 3 is 2.70 bits per heavy atom. The van der Waals surface area contributed by atoms with Gasteiger partial charge in [0.15, 0.2) is 0 Å². The number of pyridine rings is 2. The molecule has 0 unspecified atom stereocenters. The molecule has 0 amide bonds. The molecule has 0 fully saturated rings. The monoisotopic (exact) mass is 371 g/mol. The van der Waals surface area contributed by atoms with Gasteiger partial charge < -0.3 is 19.6 Å². The van der Waals surface area contributed by atoms with Crippen LogP contribution in [0.5, 0.6) is 6.01 Å². The molecule has 1 aliphatic heterocycles. The molecule has 0 saturated heterocycles. The average Bonchev–Trinajstić information content (AvgIpc) is 3.11. The van der Waals surface area contributed by atoms with Crippen molar-refractivity contribution in [2.24, 2.45) is 0 Å². The molecule has 0 saturated carbocycles. The summed E-state index contributed by atoms with van der Waals surface area (Å²) in [5.74, 6) is -0.781. The first-order valence-corrected chi connectivity index (χ1v) is 8.11. The molecule has 3 aromatic heterocycles. The van der Waals surface area contributed by atoms with Gasteiger partial charge in [0.1, 0.15) is 18.9 Å². The van der Waals surface area contributed by atoms with Crippen molar-refractivity contribution in [1.82, 2.24) is 19.5 Å². The molecule has 4 heterocycles. The highest BCUT2D eigenvalue weighted by molar-refractivity contribution is 5.61. The first-order chi connectivity index (χ1) is 13.1. The summed E-state index contributed by atoms with van der Waals surface area (Å²) in [5.41, 5.74) is 2.31. The fraction of sp³-hybridized carbons (Fsp3) is 0.235. The van der Waals surface area contributed by atoms with Crippen LogP contribution in [0.15, 0.2) is 42.9 Å². The van der Waals surface area contributed by atoms with Gasteiger partial charge in [-0.1, -0.05) is 6.07 Å². The highest BCUT2D eigenvalue weighted by Gasteiger charge is 2.28. The van der Waals surface area contributed by atoms with Gasteiger partial charge in [-0.05, 0) is 23.1 Å². The summed E-state index contributed by atoms with van der Waals surface area (Å²) in [6, 6.07) is 6.82. The maximum absolute atomic E-state index is 12.9. The largest absolute Gasteiger partial charge is 0.443 e. The van der Waals surface area contributed by atoms with E-state index in [2.05, 4.69) is 15.0 Å². The maximum atomic E-state index is 12.9. The fourth-order valence-electron chi connectivity index (χ4n) is 2.69. The number of nitro groups is 1. The second kappa shape index (κ2) is 7.08. The zero-order chi connectivity index (χ0) is 18.8. The Morgan fingerprint density at radius 2 is 2.04 bits per heavy atom. The molecule has 0 spiro atoms. The quantitative estimate of drug-likeness (QED) is 0.385. The van der Waals surface area contributed by atoms with E-state index in [1.807, 2.05) is 12.1 Å². The van der Waals surface area contributed by atoms with Gasteiger partial charge in [-0.3, -0.25) is 9.55 Å². The lowest BCUT2D eigenvalue weighted by Crippen LogP contribution is -2.32. The minimum Gasteiger partial charge on any atom is -0.443 e. The van der Waals surface area contributed by atoms with Crippen molar-refractivity contribution in [1.29, 1.82) is 0 Å². The van der Waals surface area contributed by atoms with E-state index in [-0.39, 0.29) is 31.1 Å². The number of hydrogen-bond donors (Lipinski definition) is 0. The summed E-state index contributed by atoms with van der Waals surface area (Å²) >= 11 is 0. The van der Waals surface area contributed by atoms with E-state index in [1.165, 1.54) is 18.5 Å². The number of aromatic nitrogens is 4. The second-order valence-electron chi connectivity index (χ2n) is 5.94. The van der Waals surface area contributed by atoms with Gasteiger partial charge in [0.25, 0.3) is 0 Å². The van der Waals surface area contributed by atoms with Crippen LogP contribution in [0, 0.1) is 16.1 Å². The zero-order valence-corrected chi connectivity index (χ0v) is 14.0. The maximum Gasteiger partial charge on any atom is 0.414 e. The van der Waals surface area contributed by atoms with Crippen molar-refractivity contribution in [3.05, 3.63) is 64.6 Å². The first-order valence-electron chi connectivity index (χ1n) is 8.11. The molecule has 0 bridgehead atoms. The molecular weight excluding hydrogens is 357 g/mol. The van der Waals surface area contributed by atoms with Crippen molar-refractivity contribution in [2.75, 3.05) is 6.61 Å². The molecule has 0 radical (unpaired) electrons. The van der Waals surface area contributed by atoms with E-state index in [4.69, 9.17) is 9.47 Å². The Hall–Kier alpha value is -3.40. The van der Waals surface area contributed by atoms with E-state index >= 15 is 0 Å². The second-order valence-corrected chi connectivity index (χ2v) is 5.94. The fourth-order valence-corrected chi connectivity index (χ4v) is 2.69. The predicted molar refractivity (Wildman–Crippen MR) is 90.4 cm³/mol. The number of halogens is 1. The van der Waals surface area contributed by atoms with Crippen LogP contribution < -0.4 is 4.74 Å². The molecule has 138 valence electrons. The number of ether oxygens (including phenoxy) is 2.